The molecular formula is C16H22N4O. The van der Waals surface area contributed by atoms with Gasteiger partial charge >= 0.3 is 0 Å². The molecule has 0 aromatic carbocycles. The van der Waals surface area contributed by atoms with Crippen LogP contribution in [-0.4, -0.2) is 21.1 Å². The lowest BCUT2D eigenvalue weighted by molar-refractivity contribution is -0.121. The predicted molar refractivity (Wildman–Crippen MR) is 81.9 cm³/mol. The van der Waals surface area contributed by atoms with Gasteiger partial charge in [-0.15, -0.1) is 0 Å². The van der Waals surface area contributed by atoms with Crippen LogP contribution in [0, 0.1) is 20.8 Å². The normalized spacial score (nSPS) is 12.2. The molecule has 2 heterocycles. The summed E-state index contributed by atoms with van der Waals surface area (Å²) in [5.74, 6) is 0.0209. The van der Waals surface area contributed by atoms with Crippen LogP contribution in [0.2, 0.25) is 0 Å². The van der Waals surface area contributed by atoms with Crippen LogP contribution in [0.25, 0.3) is 0 Å². The zero-order chi connectivity index (χ0) is 15.4. The number of hydrogen-bond acceptors (Lipinski definition) is 3. The molecule has 0 saturated carbocycles. The van der Waals surface area contributed by atoms with E-state index in [1.54, 1.807) is 6.20 Å². The van der Waals surface area contributed by atoms with Crippen molar-refractivity contribution in [3.8, 4) is 0 Å². The number of aromatic nitrogens is 3. The van der Waals surface area contributed by atoms with Gasteiger partial charge in [0.25, 0.3) is 0 Å². The fourth-order valence-corrected chi connectivity index (χ4v) is 2.34. The van der Waals surface area contributed by atoms with E-state index in [4.69, 9.17) is 0 Å². The molecular weight excluding hydrogens is 264 g/mol. The molecule has 5 heteroatoms. The fraction of sp³-hybridized carbons (Fsp3) is 0.438. The van der Waals surface area contributed by atoms with Crippen LogP contribution >= 0.6 is 0 Å². The van der Waals surface area contributed by atoms with Crippen molar-refractivity contribution >= 4 is 5.91 Å². The van der Waals surface area contributed by atoms with Crippen LogP contribution in [0.5, 0.6) is 0 Å². The van der Waals surface area contributed by atoms with Gasteiger partial charge < -0.3 is 5.32 Å². The van der Waals surface area contributed by atoms with Crippen LogP contribution in [0.1, 0.15) is 47.6 Å². The summed E-state index contributed by atoms with van der Waals surface area (Å²) in [5, 5.41) is 10.2. The molecule has 2 aromatic rings. The molecule has 112 valence electrons. The van der Waals surface area contributed by atoms with E-state index in [1.165, 1.54) is 0 Å². The van der Waals surface area contributed by atoms with Gasteiger partial charge in [-0.3, -0.25) is 14.9 Å². The van der Waals surface area contributed by atoms with Gasteiger partial charge in [-0.1, -0.05) is 6.07 Å². The maximum atomic E-state index is 12.1. The summed E-state index contributed by atoms with van der Waals surface area (Å²) < 4.78 is 0. The second kappa shape index (κ2) is 6.52. The Morgan fingerprint density at radius 3 is 2.76 bits per heavy atom. The molecule has 1 amide bonds. The summed E-state index contributed by atoms with van der Waals surface area (Å²) in [7, 11) is 0. The van der Waals surface area contributed by atoms with Crippen LogP contribution in [0.3, 0.4) is 0 Å². The number of amides is 1. The number of aryl methyl sites for hydroxylation is 3. The summed E-state index contributed by atoms with van der Waals surface area (Å²) in [6.45, 7) is 7.96. The van der Waals surface area contributed by atoms with Gasteiger partial charge in [0.2, 0.25) is 5.91 Å². The summed E-state index contributed by atoms with van der Waals surface area (Å²) in [4.78, 5) is 16.4. The molecule has 0 radical (unpaired) electrons. The second-order valence-corrected chi connectivity index (χ2v) is 5.42. The monoisotopic (exact) mass is 286 g/mol. The zero-order valence-corrected chi connectivity index (χ0v) is 13.0. The Morgan fingerprint density at radius 1 is 1.38 bits per heavy atom. The van der Waals surface area contributed by atoms with Crippen molar-refractivity contribution in [3.05, 3.63) is 46.5 Å². The molecule has 0 aliphatic rings. The topological polar surface area (TPSA) is 70.7 Å². The van der Waals surface area contributed by atoms with Crippen LogP contribution in [-0.2, 0) is 11.2 Å². The van der Waals surface area contributed by atoms with E-state index in [9.17, 15) is 4.79 Å². The lowest BCUT2D eigenvalue weighted by Crippen LogP contribution is -2.28. The van der Waals surface area contributed by atoms with Crippen molar-refractivity contribution in [2.45, 2.75) is 46.6 Å². The van der Waals surface area contributed by atoms with Crippen LogP contribution in [0.15, 0.2) is 18.3 Å². The molecule has 0 spiro atoms. The molecule has 2 aromatic heterocycles. The van der Waals surface area contributed by atoms with Crippen LogP contribution in [0.4, 0.5) is 0 Å². The van der Waals surface area contributed by atoms with Crippen molar-refractivity contribution in [3.63, 3.8) is 0 Å². The highest BCUT2D eigenvalue weighted by Crippen LogP contribution is 2.14. The highest BCUT2D eigenvalue weighted by atomic mass is 16.1. The van der Waals surface area contributed by atoms with E-state index in [0.717, 1.165) is 28.2 Å². The molecule has 21 heavy (non-hydrogen) atoms. The van der Waals surface area contributed by atoms with Gasteiger partial charge in [-0.2, -0.15) is 5.10 Å². The minimum atomic E-state index is -0.0827. The Labute approximate surface area is 125 Å². The molecule has 1 unspecified atom stereocenters. The SMILES string of the molecule is Cc1cccnc1C(C)NC(=O)CCc1n[nH]c(C)c1C. The first-order valence-corrected chi connectivity index (χ1v) is 7.20. The lowest BCUT2D eigenvalue weighted by Gasteiger charge is -2.15. The van der Waals surface area contributed by atoms with Gasteiger partial charge in [0.05, 0.1) is 17.4 Å². The number of aromatic amines is 1. The Balaban J connectivity index is 1.90. The van der Waals surface area contributed by atoms with Gasteiger partial charge in [0.1, 0.15) is 0 Å². The highest BCUT2D eigenvalue weighted by Gasteiger charge is 2.14. The lowest BCUT2D eigenvalue weighted by atomic mass is 10.1. The first-order valence-electron chi connectivity index (χ1n) is 7.20. The van der Waals surface area contributed by atoms with Gasteiger partial charge in [-0.05, 0) is 44.9 Å². The van der Waals surface area contributed by atoms with Crippen molar-refractivity contribution in [1.29, 1.82) is 0 Å². The molecule has 0 fully saturated rings. The third kappa shape index (κ3) is 3.68. The smallest absolute Gasteiger partial charge is 0.220 e. The maximum absolute atomic E-state index is 12.1. The number of rotatable bonds is 5. The van der Waals surface area contributed by atoms with E-state index in [0.29, 0.717) is 12.8 Å². The third-order valence-electron chi connectivity index (χ3n) is 3.78. The largest absolute Gasteiger partial charge is 0.348 e. The molecule has 2 rings (SSSR count). The number of nitrogens with zero attached hydrogens (tertiary/aromatic N) is 2. The number of carbonyl (C=O) groups excluding carboxylic acids is 1. The molecule has 1 atom stereocenters. The van der Waals surface area contributed by atoms with E-state index >= 15 is 0 Å². The third-order valence-corrected chi connectivity index (χ3v) is 3.78. The predicted octanol–water partition coefficient (Wildman–Crippen LogP) is 2.54. The van der Waals surface area contributed by atoms with E-state index in [-0.39, 0.29) is 11.9 Å². The van der Waals surface area contributed by atoms with Crippen molar-refractivity contribution < 1.29 is 4.79 Å². The number of carbonyl (C=O) groups is 1. The molecule has 5 nitrogen and oxygen atoms in total. The molecule has 0 saturated heterocycles. The Hall–Kier alpha value is -2.17. The second-order valence-electron chi connectivity index (χ2n) is 5.42. The van der Waals surface area contributed by atoms with Gasteiger partial charge in [-0.25, -0.2) is 0 Å². The average molecular weight is 286 g/mol. The summed E-state index contributed by atoms with van der Waals surface area (Å²) in [5.41, 5.74) is 5.16. The van der Waals surface area contributed by atoms with Crippen molar-refractivity contribution in [2.75, 3.05) is 0 Å². The maximum Gasteiger partial charge on any atom is 0.220 e. The van der Waals surface area contributed by atoms with Gasteiger partial charge in [0.15, 0.2) is 0 Å². The van der Waals surface area contributed by atoms with E-state index < -0.39 is 0 Å². The summed E-state index contributed by atoms with van der Waals surface area (Å²) >= 11 is 0. The number of hydrogen-bond donors (Lipinski definition) is 2. The molecule has 0 aliphatic carbocycles. The first kappa shape index (κ1) is 15.2. The zero-order valence-electron chi connectivity index (χ0n) is 13.0. The summed E-state index contributed by atoms with van der Waals surface area (Å²) in [6.07, 6.45) is 2.83. The highest BCUT2D eigenvalue weighted by molar-refractivity contribution is 5.76. The quantitative estimate of drug-likeness (QED) is 0.887. The Morgan fingerprint density at radius 2 is 2.14 bits per heavy atom. The van der Waals surface area contributed by atoms with Crippen molar-refractivity contribution in [1.82, 2.24) is 20.5 Å². The Bertz CT molecular complexity index is 633. The summed E-state index contributed by atoms with van der Waals surface area (Å²) in [6, 6.07) is 3.82. The van der Waals surface area contributed by atoms with Crippen molar-refractivity contribution in [2.24, 2.45) is 0 Å². The first-order chi connectivity index (χ1) is 9.99. The van der Waals surface area contributed by atoms with Crippen LogP contribution < -0.4 is 5.32 Å². The molecule has 2 N–H and O–H groups in total. The standard InChI is InChI=1S/C16H22N4O/c1-10-6-5-9-17-16(10)13(4)18-15(21)8-7-14-11(2)12(3)19-20-14/h5-6,9,13H,7-8H2,1-4H3,(H,18,21)(H,19,20). The average Bonchev–Trinajstić information content (AvgIpc) is 2.77. The Kier molecular flexibility index (Phi) is 4.73. The van der Waals surface area contributed by atoms with Gasteiger partial charge in [0, 0.05) is 24.7 Å². The number of H-pyrrole nitrogens is 1. The van der Waals surface area contributed by atoms with E-state index in [2.05, 4.69) is 20.5 Å². The van der Waals surface area contributed by atoms with E-state index in [1.807, 2.05) is 39.8 Å². The fourth-order valence-electron chi connectivity index (χ4n) is 2.34. The number of nitrogens with one attached hydrogen (secondary N) is 2. The minimum Gasteiger partial charge on any atom is -0.348 e. The molecule has 0 bridgehead atoms. The molecule has 0 aliphatic heterocycles. The number of pyridine rings is 1. The minimum absolute atomic E-state index is 0.0209.